The maximum Gasteiger partial charge on any atom is 0.160 e. The van der Waals surface area contributed by atoms with Crippen LogP contribution < -0.4 is 4.74 Å². The van der Waals surface area contributed by atoms with E-state index in [1.165, 1.54) is 0 Å². The van der Waals surface area contributed by atoms with Crippen molar-refractivity contribution in [2.24, 2.45) is 5.92 Å². The fourth-order valence-electron chi connectivity index (χ4n) is 3.02. The molecule has 2 fully saturated rings. The number of benzene rings is 1. The lowest BCUT2D eigenvalue weighted by molar-refractivity contribution is -0.0976. The third-order valence-electron chi connectivity index (χ3n) is 4.32. The van der Waals surface area contributed by atoms with E-state index in [9.17, 15) is 0 Å². The van der Waals surface area contributed by atoms with Crippen LogP contribution in [0.1, 0.15) is 18.4 Å². The summed E-state index contributed by atoms with van der Waals surface area (Å²) in [5.41, 5.74) is 0.658. The molecule has 22 heavy (non-hydrogen) atoms. The zero-order valence-corrected chi connectivity index (χ0v) is 12.7. The number of ether oxygens (including phenoxy) is 3. The van der Waals surface area contributed by atoms with Crippen LogP contribution in [0.3, 0.4) is 0 Å². The van der Waals surface area contributed by atoms with Crippen LogP contribution in [-0.4, -0.2) is 50.6 Å². The highest BCUT2D eigenvalue weighted by Crippen LogP contribution is 2.25. The van der Waals surface area contributed by atoms with Crippen molar-refractivity contribution in [1.29, 1.82) is 5.26 Å². The summed E-state index contributed by atoms with van der Waals surface area (Å²) < 4.78 is 16.9. The van der Waals surface area contributed by atoms with Crippen molar-refractivity contribution in [1.82, 2.24) is 4.90 Å². The molecule has 0 atom stereocenters. The van der Waals surface area contributed by atoms with Crippen LogP contribution in [0.2, 0.25) is 0 Å². The fourth-order valence-corrected chi connectivity index (χ4v) is 3.02. The highest BCUT2D eigenvalue weighted by atomic mass is 16.7. The average Bonchev–Trinajstić information content (AvgIpc) is 3.11. The lowest BCUT2D eigenvalue weighted by Gasteiger charge is -2.33. The molecule has 5 nitrogen and oxygen atoms in total. The second kappa shape index (κ2) is 7.59. The van der Waals surface area contributed by atoms with Crippen molar-refractivity contribution in [3.8, 4) is 11.8 Å². The van der Waals surface area contributed by atoms with Crippen molar-refractivity contribution in [2.45, 2.75) is 19.1 Å². The summed E-state index contributed by atoms with van der Waals surface area (Å²) in [6.45, 7) is 5.23. The molecule has 0 N–H and O–H groups in total. The third-order valence-corrected chi connectivity index (χ3v) is 4.32. The Bertz CT molecular complexity index is 498. The van der Waals surface area contributed by atoms with E-state index in [1.54, 1.807) is 12.1 Å². The maximum absolute atomic E-state index is 8.76. The van der Waals surface area contributed by atoms with Crippen molar-refractivity contribution in [3.63, 3.8) is 0 Å². The van der Waals surface area contributed by atoms with Gasteiger partial charge in [-0.3, -0.25) is 4.90 Å². The molecule has 1 aromatic rings. The Hall–Kier alpha value is -1.61. The predicted molar refractivity (Wildman–Crippen MR) is 81.5 cm³/mol. The summed E-state index contributed by atoms with van der Waals surface area (Å²) in [4.78, 5) is 2.43. The molecule has 118 valence electrons. The van der Waals surface area contributed by atoms with Gasteiger partial charge in [0, 0.05) is 12.5 Å². The Morgan fingerprint density at radius 3 is 2.45 bits per heavy atom. The van der Waals surface area contributed by atoms with Gasteiger partial charge in [-0.15, -0.1) is 0 Å². The maximum atomic E-state index is 8.76. The minimum absolute atomic E-state index is 0.0250. The topological polar surface area (TPSA) is 54.7 Å². The van der Waals surface area contributed by atoms with Gasteiger partial charge in [-0.05, 0) is 50.2 Å². The van der Waals surface area contributed by atoms with Crippen molar-refractivity contribution in [3.05, 3.63) is 29.8 Å². The van der Waals surface area contributed by atoms with Gasteiger partial charge in [0.25, 0.3) is 0 Å². The first-order chi connectivity index (χ1) is 10.8. The predicted octanol–water partition coefficient (Wildman–Crippen LogP) is 2.02. The minimum Gasteiger partial charge on any atom is -0.492 e. The third kappa shape index (κ3) is 3.98. The molecule has 0 aliphatic carbocycles. The van der Waals surface area contributed by atoms with E-state index in [2.05, 4.69) is 11.0 Å². The van der Waals surface area contributed by atoms with Crippen molar-refractivity contribution in [2.75, 3.05) is 39.5 Å². The fraction of sp³-hybridized carbons (Fsp3) is 0.588. The molecule has 5 heteroatoms. The Labute approximate surface area is 131 Å². The van der Waals surface area contributed by atoms with Crippen molar-refractivity contribution >= 4 is 0 Å². The van der Waals surface area contributed by atoms with E-state index in [0.717, 1.165) is 51.4 Å². The zero-order chi connectivity index (χ0) is 15.2. The lowest BCUT2D eigenvalue weighted by Crippen LogP contribution is -2.39. The molecule has 0 amide bonds. The zero-order valence-electron chi connectivity index (χ0n) is 12.7. The lowest BCUT2D eigenvalue weighted by atomic mass is 9.96. The smallest absolute Gasteiger partial charge is 0.160 e. The first-order valence-electron chi connectivity index (χ1n) is 7.94. The molecule has 0 radical (unpaired) electrons. The number of hydrogen-bond donors (Lipinski definition) is 0. The van der Waals surface area contributed by atoms with Gasteiger partial charge in [-0.25, -0.2) is 0 Å². The molecular weight excluding hydrogens is 280 g/mol. The molecule has 0 unspecified atom stereocenters. The number of nitrogens with zero attached hydrogens (tertiary/aromatic N) is 2. The van der Waals surface area contributed by atoms with E-state index in [1.807, 2.05) is 12.1 Å². The molecular formula is C17H22N2O3. The van der Waals surface area contributed by atoms with E-state index >= 15 is 0 Å². The van der Waals surface area contributed by atoms with Crippen LogP contribution in [0.5, 0.6) is 5.75 Å². The average molecular weight is 302 g/mol. The summed E-state index contributed by atoms with van der Waals surface area (Å²) in [7, 11) is 0. The van der Waals surface area contributed by atoms with Gasteiger partial charge < -0.3 is 14.2 Å². The van der Waals surface area contributed by atoms with E-state index in [4.69, 9.17) is 19.5 Å². The second-order valence-corrected chi connectivity index (χ2v) is 5.77. The number of rotatable bonds is 5. The van der Waals surface area contributed by atoms with Gasteiger partial charge in [0.1, 0.15) is 12.4 Å². The normalized spacial score (nSPS) is 20.9. The SMILES string of the molecule is N#Cc1ccc(OCCN2CCC(C3OCCO3)CC2)cc1. The quantitative estimate of drug-likeness (QED) is 0.833. The van der Waals surface area contributed by atoms with Crippen LogP contribution in [-0.2, 0) is 9.47 Å². The Morgan fingerprint density at radius 1 is 1.14 bits per heavy atom. The van der Waals surface area contributed by atoms with E-state index in [-0.39, 0.29) is 6.29 Å². The number of nitriles is 1. The van der Waals surface area contributed by atoms with Crippen LogP contribution in [0.4, 0.5) is 0 Å². The molecule has 2 aliphatic heterocycles. The Kier molecular flexibility index (Phi) is 5.28. The van der Waals surface area contributed by atoms with E-state index in [0.29, 0.717) is 18.1 Å². The number of likely N-dealkylation sites (tertiary alicyclic amines) is 1. The van der Waals surface area contributed by atoms with Crippen molar-refractivity contribution < 1.29 is 14.2 Å². The molecule has 0 bridgehead atoms. The molecule has 3 rings (SSSR count). The largest absolute Gasteiger partial charge is 0.492 e. The molecule has 0 aromatic heterocycles. The second-order valence-electron chi connectivity index (χ2n) is 5.77. The summed E-state index contributed by atoms with van der Waals surface area (Å²) in [5.74, 6) is 1.36. The first-order valence-corrected chi connectivity index (χ1v) is 7.94. The van der Waals surface area contributed by atoms with E-state index < -0.39 is 0 Å². The van der Waals surface area contributed by atoms with Gasteiger partial charge in [0.2, 0.25) is 0 Å². The summed E-state index contributed by atoms with van der Waals surface area (Å²) >= 11 is 0. The van der Waals surface area contributed by atoms with Crippen LogP contribution in [0.25, 0.3) is 0 Å². The number of hydrogen-bond acceptors (Lipinski definition) is 5. The van der Waals surface area contributed by atoms with Crippen LogP contribution >= 0.6 is 0 Å². The summed E-state index contributed by atoms with van der Waals surface area (Å²) in [6, 6.07) is 9.36. The van der Waals surface area contributed by atoms with Gasteiger partial charge in [-0.1, -0.05) is 0 Å². The highest BCUT2D eigenvalue weighted by molar-refractivity contribution is 5.34. The van der Waals surface area contributed by atoms with Gasteiger partial charge >= 0.3 is 0 Å². The number of piperidine rings is 1. The molecule has 2 saturated heterocycles. The first kappa shape index (κ1) is 15.3. The van der Waals surface area contributed by atoms with Gasteiger partial charge in [-0.2, -0.15) is 5.26 Å². The summed E-state index contributed by atoms with van der Waals surface area (Å²) in [6.07, 6.45) is 2.28. The standard InChI is InChI=1S/C17H22N2O3/c18-13-14-1-3-16(4-2-14)20-10-9-19-7-5-15(6-8-19)17-21-11-12-22-17/h1-4,15,17H,5-12H2. The molecule has 0 spiro atoms. The van der Waals surface area contributed by atoms with Crippen LogP contribution in [0, 0.1) is 17.2 Å². The highest BCUT2D eigenvalue weighted by Gasteiger charge is 2.30. The molecule has 1 aromatic carbocycles. The van der Waals surface area contributed by atoms with Gasteiger partial charge in [0.15, 0.2) is 6.29 Å². The Morgan fingerprint density at radius 2 is 1.82 bits per heavy atom. The minimum atomic E-state index is 0.0250. The molecule has 2 heterocycles. The summed E-state index contributed by atoms with van der Waals surface area (Å²) in [5, 5.41) is 8.76. The van der Waals surface area contributed by atoms with Crippen LogP contribution in [0.15, 0.2) is 24.3 Å². The van der Waals surface area contributed by atoms with Gasteiger partial charge in [0.05, 0.1) is 24.8 Å². The molecule has 0 saturated carbocycles. The molecule has 2 aliphatic rings. The monoisotopic (exact) mass is 302 g/mol. The Balaban J connectivity index is 1.35.